The Labute approximate surface area is 175 Å². The van der Waals surface area contributed by atoms with Crippen molar-refractivity contribution in [2.24, 2.45) is 0 Å². The molecule has 3 heterocycles. The molecular formula is C18H18BrFN4O2S2. The summed E-state index contributed by atoms with van der Waals surface area (Å²) in [5.41, 5.74) is 1.64. The number of nitrogens with zero attached hydrogens (tertiary/aromatic N) is 4. The van der Waals surface area contributed by atoms with Crippen molar-refractivity contribution in [2.45, 2.75) is 10.9 Å². The van der Waals surface area contributed by atoms with Crippen molar-refractivity contribution in [3.05, 3.63) is 58.3 Å². The van der Waals surface area contributed by atoms with Gasteiger partial charge in [0.1, 0.15) is 10.0 Å². The zero-order valence-corrected chi connectivity index (χ0v) is 18.1. The molecule has 1 aliphatic heterocycles. The van der Waals surface area contributed by atoms with E-state index < -0.39 is 10.0 Å². The third-order valence-corrected chi connectivity index (χ3v) is 8.59. The molecule has 2 aromatic heterocycles. The number of rotatable bonds is 5. The summed E-state index contributed by atoms with van der Waals surface area (Å²) in [4.78, 5) is 2.16. The number of piperazine rings is 1. The molecule has 0 spiro atoms. The fourth-order valence-electron chi connectivity index (χ4n) is 3.09. The first-order chi connectivity index (χ1) is 13.4. The van der Waals surface area contributed by atoms with E-state index in [-0.39, 0.29) is 5.82 Å². The number of thiophene rings is 1. The molecule has 6 nitrogen and oxygen atoms in total. The number of halogens is 2. The van der Waals surface area contributed by atoms with Crippen LogP contribution in [0.25, 0.3) is 11.3 Å². The van der Waals surface area contributed by atoms with Crippen LogP contribution in [0.15, 0.2) is 56.7 Å². The summed E-state index contributed by atoms with van der Waals surface area (Å²) >= 11 is 4.55. The Balaban J connectivity index is 1.37. The predicted molar refractivity (Wildman–Crippen MR) is 110 cm³/mol. The molecule has 0 amide bonds. The highest BCUT2D eigenvalue weighted by Crippen LogP contribution is 2.29. The van der Waals surface area contributed by atoms with Crippen molar-refractivity contribution in [1.29, 1.82) is 0 Å². The molecule has 0 radical (unpaired) electrons. The largest absolute Gasteiger partial charge is 0.282 e. The first-order valence-corrected chi connectivity index (χ1v) is 11.7. The Morgan fingerprint density at radius 1 is 1.04 bits per heavy atom. The zero-order chi connectivity index (χ0) is 19.7. The summed E-state index contributed by atoms with van der Waals surface area (Å²) in [6.07, 6.45) is 1.88. The van der Waals surface area contributed by atoms with Gasteiger partial charge in [0.15, 0.2) is 0 Å². The number of aromatic nitrogens is 2. The fraction of sp³-hybridized carbons (Fsp3) is 0.278. The second-order valence-corrected chi connectivity index (χ2v) is 11.1. The molecule has 0 bridgehead atoms. The van der Waals surface area contributed by atoms with Gasteiger partial charge in [0.2, 0.25) is 0 Å². The van der Waals surface area contributed by atoms with Gasteiger partial charge >= 0.3 is 0 Å². The van der Waals surface area contributed by atoms with E-state index in [4.69, 9.17) is 0 Å². The molecule has 1 aromatic carbocycles. The van der Waals surface area contributed by atoms with Crippen LogP contribution in [0.5, 0.6) is 0 Å². The number of sulfonamides is 1. The van der Waals surface area contributed by atoms with E-state index in [0.717, 1.165) is 15.0 Å². The second-order valence-electron chi connectivity index (χ2n) is 6.47. The Hall–Kier alpha value is -1.59. The molecule has 0 aliphatic carbocycles. The lowest BCUT2D eigenvalue weighted by atomic mass is 10.1. The molecule has 28 heavy (non-hydrogen) atoms. The van der Waals surface area contributed by atoms with Gasteiger partial charge in [-0.3, -0.25) is 9.58 Å². The summed E-state index contributed by atoms with van der Waals surface area (Å²) in [7, 11) is -3.43. The maximum absolute atomic E-state index is 13.1. The van der Waals surface area contributed by atoms with Crippen LogP contribution >= 0.6 is 27.3 Å². The van der Waals surface area contributed by atoms with Crippen LogP contribution < -0.4 is 0 Å². The van der Waals surface area contributed by atoms with Crippen LogP contribution in [0, 0.1) is 5.82 Å². The van der Waals surface area contributed by atoms with Gasteiger partial charge < -0.3 is 0 Å². The SMILES string of the molecule is O=S(=O)(c1ccc(Br)s1)N1CCN(Cn2ccc(-c3ccc(F)cc3)n2)CC1. The van der Waals surface area contributed by atoms with Crippen LogP contribution in [0.2, 0.25) is 0 Å². The summed E-state index contributed by atoms with van der Waals surface area (Å²) < 4.78 is 43.0. The van der Waals surface area contributed by atoms with E-state index in [1.807, 2.05) is 16.9 Å². The predicted octanol–water partition coefficient (Wildman–Crippen LogP) is 3.48. The molecule has 3 aromatic rings. The van der Waals surface area contributed by atoms with Crippen LogP contribution in [0.4, 0.5) is 4.39 Å². The zero-order valence-electron chi connectivity index (χ0n) is 14.8. The van der Waals surface area contributed by atoms with Crippen molar-refractivity contribution in [3.8, 4) is 11.3 Å². The second kappa shape index (κ2) is 8.03. The van der Waals surface area contributed by atoms with Crippen LogP contribution in [-0.2, 0) is 16.7 Å². The molecule has 148 valence electrons. The van der Waals surface area contributed by atoms with Crippen molar-refractivity contribution in [1.82, 2.24) is 19.0 Å². The Kier molecular flexibility index (Phi) is 5.66. The molecule has 10 heteroatoms. The molecule has 1 saturated heterocycles. The molecule has 0 unspecified atom stereocenters. The van der Waals surface area contributed by atoms with E-state index in [9.17, 15) is 12.8 Å². The lowest BCUT2D eigenvalue weighted by Crippen LogP contribution is -2.48. The summed E-state index contributed by atoms with van der Waals surface area (Å²) in [6, 6.07) is 11.5. The van der Waals surface area contributed by atoms with Gasteiger partial charge in [0.25, 0.3) is 10.0 Å². The molecule has 0 N–H and O–H groups in total. The first-order valence-electron chi connectivity index (χ1n) is 8.69. The van der Waals surface area contributed by atoms with Gasteiger partial charge in [-0.15, -0.1) is 11.3 Å². The van der Waals surface area contributed by atoms with Gasteiger partial charge in [-0.1, -0.05) is 0 Å². The van der Waals surface area contributed by atoms with E-state index in [0.29, 0.717) is 37.1 Å². The highest BCUT2D eigenvalue weighted by molar-refractivity contribution is 9.11. The quantitative estimate of drug-likeness (QED) is 0.556. The minimum atomic E-state index is -3.43. The Bertz CT molecular complexity index is 1060. The standard InChI is InChI=1S/C18H18BrFN4O2S2/c19-17-5-6-18(27-17)28(25,26)24-11-9-22(10-12-24)13-23-8-7-16(21-23)14-1-3-15(20)4-2-14/h1-8H,9-13H2. The van der Waals surface area contributed by atoms with Crippen molar-refractivity contribution in [3.63, 3.8) is 0 Å². The first kappa shape index (κ1) is 19.7. The maximum Gasteiger partial charge on any atom is 0.252 e. The monoisotopic (exact) mass is 484 g/mol. The molecule has 1 fully saturated rings. The lowest BCUT2D eigenvalue weighted by Gasteiger charge is -2.33. The van der Waals surface area contributed by atoms with Crippen LogP contribution in [0.3, 0.4) is 0 Å². The lowest BCUT2D eigenvalue weighted by molar-refractivity contribution is 0.146. The van der Waals surface area contributed by atoms with E-state index >= 15 is 0 Å². The minimum Gasteiger partial charge on any atom is -0.282 e. The van der Waals surface area contributed by atoms with Crippen LogP contribution in [0.1, 0.15) is 0 Å². The van der Waals surface area contributed by atoms with Crippen LogP contribution in [-0.4, -0.2) is 53.6 Å². The third-order valence-electron chi connectivity index (χ3n) is 4.60. The average Bonchev–Trinajstić information content (AvgIpc) is 3.32. The fourth-order valence-corrected chi connectivity index (χ4v) is 6.68. The highest BCUT2D eigenvalue weighted by Gasteiger charge is 2.29. The highest BCUT2D eigenvalue weighted by atomic mass is 79.9. The minimum absolute atomic E-state index is 0.272. The molecule has 0 atom stereocenters. The average molecular weight is 485 g/mol. The summed E-state index contributed by atoms with van der Waals surface area (Å²) in [5, 5.41) is 4.54. The van der Waals surface area contributed by atoms with Gasteiger partial charge in [0.05, 0.1) is 16.1 Å². The van der Waals surface area contributed by atoms with Gasteiger partial charge in [-0.05, 0) is 58.4 Å². The molecule has 1 aliphatic rings. The topological polar surface area (TPSA) is 58.4 Å². The van der Waals surface area contributed by atoms with E-state index in [1.165, 1.54) is 27.8 Å². The summed E-state index contributed by atoms with van der Waals surface area (Å²) in [6.45, 7) is 2.75. The summed E-state index contributed by atoms with van der Waals surface area (Å²) in [5.74, 6) is -0.272. The van der Waals surface area contributed by atoms with Gasteiger partial charge in [0, 0.05) is 37.9 Å². The molecule has 0 saturated carbocycles. The normalized spacial score (nSPS) is 16.5. The number of hydrogen-bond acceptors (Lipinski definition) is 5. The maximum atomic E-state index is 13.1. The number of benzene rings is 1. The molecule has 4 rings (SSSR count). The van der Waals surface area contributed by atoms with Crippen molar-refractivity contribution >= 4 is 37.3 Å². The van der Waals surface area contributed by atoms with Crippen molar-refractivity contribution < 1.29 is 12.8 Å². The third kappa shape index (κ3) is 4.20. The van der Waals surface area contributed by atoms with Gasteiger partial charge in [-0.25, -0.2) is 12.8 Å². The smallest absolute Gasteiger partial charge is 0.252 e. The number of hydrogen-bond donors (Lipinski definition) is 0. The Morgan fingerprint density at radius 3 is 2.39 bits per heavy atom. The van der Waals surface area contributed by atoms with Crippen molar-refractivity contribution in [2.75, 3.05) is 26.2 Å². The van der Waals surface area contributed by atoms with Gasteiger partial charge in [-0.2, -0.15) is 9.40 Å². The molecular weight excluding hydrogens is 467 g/mol. The Morgan fingerprint density at radius 2 is 1.75 bits per heavy atom. The van der Waals surface area contributed by atoms with E-state index in [2.05, 4.69) is 25.9 Å². The van der Waals surface area contributed by atoms with E-state index in [1.54, 1.807) is 24.3 Å².